The SMILES string of the molecule is CNC1COCC1C(=O)Nc1ccc(Cl)cc1C(F)(F)F. The highest BCUT2D eigenvalue weighted by Crippen LogP contribution is 2.36. The van der Waals surface area contributed by atoms with Crippen molar-refractivity contribution in [3.8, 4) is 0 Å². The van der Waals surface area contributed by atoms with Crippen LogP contribution in [0.4, 0.5) is 18.9 Å². The molecule has 0 aliphatic carbocycles. The van der Waals surface area contributed by atoms with Crippen molar-refractivity contribution in [2.24, 2.45) is 5.92 Å². The van der Waals surface area contributed by atoms with E-state index >= 15 is 0 Å². The molecule has 0 spiro atoms. The third kappa shape index (κ3) is 3.66. The van der Waals surface area contributed by atoms with Gasteiger partial charge in [0.25, 0.3) is 0 Å². The fourth-order valence-electron chi connectivity index (χ4n) is 2.18. The maximum atomic E-state index is 13.0. The number of carbonyl (C=O) groups excluding carboxylic acids is 1. The Morgan fingerprint density at radius 1 is 1.38 bits per heavy atom. The van der Waals surface area contributed by atoms with Crippen LogP contribution in [0.1, 0.15) is 5.56 Å². The minimum Gasteiger partial charge on any atom is -0.379 e. The molecule has 0 radical (unpaired) electrons. The molecule has 1 aromatic rings. The van der Waals surface area contributed by atoms with E-state index in [1.54, 1.807) is 7.05 Å². The summed E-state index contributed by atoms with van der Waals surface area (Å²) in [6.45, 7) is 0.521. The lowest BCUT2D eigenvalue weighted by Crippen LogP contribution is -2.39. The summed E-state index contributed by atoms with van der Waals surface area (Å²) in [6.07, 6.45) is -4.60. The quantitative estimate of drug-likeness (QED) is 0.899. The molecular formula is C13H14ClF3N2O2. The average molecular weight is 323 g/mol. The molecule has 1 heterocycles. The van der Waals surface area contributed by atoms with Gasteiger partial charge in [-0.05, 0) is 25.2 Å². The molecule has 2 atom stereocenters. The second kappa shape index (κ2) is 6.21. The van der Waals surface area contributed by atoms with Gasteiger partial charge in [0.1, 0.15) is 0 Å². The van der Waals surface area contributed by atoms with Gasteiger partial charge in [-0.25, -0.2) is 0 Å². The predicted molar refractivity (Wildman–Crippen MR) is 72.2 cm³/mol. The number of benzene rings is 1. The normalized spacial score (nSPS) is 22.3. The summed E-state index contributed by atoms with van der Waals surface area (Å²) >= 11 is 5.59. The van der Waals surface area contributed by atoms with Crippen LogP contribution < -0.4 is 10.6 Å². The lowest BCUT2D eigenvalue weighted by Gasteiger charge is -2.19. The van der Waals surface area contributed by atoms with Crippen LogP contribution in [-0.2, 0) is 15.7 Å². The summed E-state index contributed by atoms with van der Waals surface area (Å²) in [5.74, 6) is -1.05. The van der Waals surface area contributed by atoms with Crippen molar-refractivity contribution >= 4 is 23.2 Å². The molecule has 8 heteroatoms. The summed E-state index contributed by atoms with van der Waals surface area (Å²) in [4.78, 5) is 12.1. The average Bonchev–Trinajstić information content (AvgIpc) is 2.88. The van der Waals surface area contributed by atoms with Gasteiger partial charge in [0, 0.05) is 11.1 Å². The number of hydrogen-bond acceptors (Lipinski definition) is 3. The summed E-state index contributed by atoms with van der Waals surface area (Å²) in [5, 5.41) is 5.17. The van der Waals surface area contributed by atoms with E-state index in [-0.39, 0.29) is 23.4 Å². The van der Waals surface area contributed by atoms with Crippen molar-refractivity contribution in [2.45, 2.75) is 12.2 Å². The van der Waals surface area contributed by atoms with Gasteiger partial charge in [-0.15, -0.1) is 0 Å². The van der Waals surface area contributed by atoms with E-state index in [0.717, 1.165) is 12.1 Å². The Morgan fingerprint density at radius 2 is 2.10 bits per heavy atom. The second-order valence-electron chi connectivity index (χ2n) is 4.72. The van der Waals surface area contributed by atoms with Gasteiger partial charge in [0.2, 0.25) is 5.91 Å². The van der Waals surface area contributed by atoms with E-state index in [1.807, 2.05) is 0 Å². The van der Waals surface area contributed by atoms with Crippen LogP contribution in [0, 0.1) is 5.92 Å². The Hall–Kier alpha value is -1.31. The van der Waals surface area contributed by atoms with E-state index < -0.39 is 23.6 Å². The molecular weight excluding hydrogens is 309 g/mol. The second-order valence-corrected chi connectivity index (χ2v) is 5.15. The first-order valence-electron chi connectivity index (χ1n) is 6.25. The minimum absolute atomic E-state index is 0.0439. The number of alkyl halides is 3. The fraction of sp³-hybridized carbons (Fsp3) is 0.462. The standard InChI is InChI=1S/C13H14ClF3N2O2/c1-18-11-6-21-5-8(11)12(20)19-10-3-2-7(14)4-9(10)13(15,16)17/h2-4,8,11,18H,5-6H2,1H3,(H,19,20). The summed E-state index contributed by atoms with van der Waals surface area (Å²) < 4.78 is 44.0. The van der Waals surface area contributed by atoms with Crippen LogP contribution in [0.5, 0.6) is 0 Å². The Morgan fingerprint density at radius 3 is 2.71 bits per heavy atom. The summed E-state index contributed by atoms with van der Waals surface area (Å²) in [5.41, 5.74) is -1.28. The number of halogens is 4. The van der Waals surface area contributed by atoms with Crippen molar-refractivity contribution in [1.29, 1.82) is 0 Å². The van der Waals surface area contributed by atoms with Gasteiger partial charge in [0.15, 0.2) is 0 Å². The van der Waals surface area contributed by atoms with E-state index in [1.165, 1.54) is 6.07 Å². The number of amides is 1. The zero-order valence-corrected chi connectivity index (χ0v) is 11.9. The minimum atomic E-state index is -4.60. The zero-order chi connectivity index (χ0) is 15.6. The number of hydrogen-bond donors (Lipinski definition) is 2. The van der Waals surface area contributed by atoms with Crippen LogP contribution in [0.25, 0.3) is 0 Å². The van der Waals surface area contributed by atoms with Crippen molar-refractivity contribution in [2.75, 3.05) is 25.6 Å². The molecule has 1 aliphatic rings. The number of anilines is 1. The fourth-order valence-corrected chi connectivity index (χ4v) is 2.35. The van der Waals surface area contributed by atoms with E-state index in [2.05, 4.69) is 10.6 Å². The Kier molecular flexibility index (Phi) is 4.75. The molecule has 21 heavy (non-hydrogen) atoms. The number of rotatable bonds is 3. The third-order valence-corrected chi connectivity index (χ3v) is 3.57. The van der Waals surface area contributed by atoms with E-state index in [9.17, 15) is 18.0 Å². The molecule has 2 unspecified atom stereocenters. The highest BCUT2D eigenvalue weighted by molar-refractivity contribution is 6.30. The van der Waals surface area contributed by atoms with Gasteiger partial charge in [0.05, 0.1) is 30.4 Å². The highest BCUT2D eigenvalue weighted by atomic mass is 35.5. The number of likely N-dealkylation sites (N-methyl/N-ethyl adjacent to an activating group) is 1. The smallest absolute Gasteiger partial charge is 0.379 e. The first kappa shape index (κ1) is 16.1. The van der Waals surface area contributed by atoms with Crippen molar-refractivity contribution in [3.63, 3.8) is 0 Å². The Labute approximate surface area is 124 Å². The van der Waals surface area contributed by atoms with Crippen molar-refractivity contribution in [3.05, 3.63) is 28.8 Å². The maximum Gasteiger partial charge on any atom is 0.418 e. The third-order valence-electron chi connectivity index (χ3n) is 3.33. The largest absolute Gasteiger partial charge is 0.418 e. The maximum absolute atomic E-state index is 13.0. The molecule has 0 saturated carbocycles. The van der Waals surface area contributed by atoms with Crippen LogP contribution in [0.2, 0.25) is 5.02 Å². The monoisotopic (exact) mass is 322 g/mol. The van der Waals surface area contributed by atoms with Crippen LogP contribution in [0.3, 0.4) is 0 Å². The number of nitrogens with one attached hydrogen (secondary N) is 2. The lowest BCUT2D eigenvalue weighted by molar-refractivity contribution is -0.137. The number of ether oxygens (including phenoxy) is 1. The van der Waals surface area contributed by atoms with Gasteiger partial charge in [-0.2, -0.15) is 13.2 Å². The molecule has 1 aliphatic heterocycles. The lowest BCUT2D eigenvalue weighted by atomic mass is 10.0. The van der Waals surface area contributed by atoms with Crippen LogP contribution in [-0.4, -0.2) is 32.2 Å². The molecule has 1 aromatic carbocycles. The number of carbonyl (C=O) groups is 1. The molecule has 0 aromatic heterocycles. The van der Waals surface area contributed by atoms with E-state index in [4.69, 9.17) is 16.3 Å². The van der Waals surface area contributed by atoms with Crippen molar-refractivity contribution < 1.29 is 22.7 Å². The van der Waals surface area contributed by atoms with Crippen molar-refractivity contribution in [1.82, 2.24) is 5.32 Å². The summed E-state index contributed by atoms with van der Waals surface area (Å²) in [6, 6.07) is 3.02. The summed E-state index contributed by atoms with van der Waals surface area (Å²) in [7, 11) is 1.67. The highest BCUT2D eigenvalue weighted by Gasteiger charge is 2.37. The van der Waals surface area contributed by atoms with Gasteiger partial charge >= 0.3 is 6.18 Å². The Balaban J connectivity index is 2.21. The van der Waals surface area contributed by atoms with Gasteiger partial charge in [-0.1, -0.05) is 11.6 Å². The molecule has 2 N–H and O–H groups in total. The van der Waals surface area contributed by atoms with Crippen LogP contribution in [0.15, 0.2) is 18.2 Å². The molecule has 1 amide bonds. The molecule has 0 bridgehead atoms. The molecule has 1 saturated heterocycles. The first-order chi connectivity index (χ1) is 9.82. The molecule has 1 fully saturated rings. The molecule has 2 rings (SSSR count). The Bertz CT molecular complexity index is 537. The molecule has 4 nitrogen and oxygen atoms in total. The first-order valence-corrected chi connectivity index (χ1v) is 6.63. The predicted octanol–water partition coefficient (Wildman–Crippen LogP) is 2.53. The van der Waals surface area contributed by atoms with E-state index in [0.29, 0.717) is 6.61 Å². The topological polar surface area (TPSA) is 50.4 Å². The molecule has 116 valence electrons. The van der Waals surface area contributed by atoms with Gasteiger partial charge in [-0.3, -0.25) is 4.79 Å². The van der Waals surface area contributed by atoms with Gasteiger partial charge < -0.3 is 15.4 Å². The zero-order valence-electron chi connectivity index (χ0n) is 11.1. The van der Waals surface area contributed by atoms with Crippen LogP contribution >= 0.6 is 11.6 Å².